The topological polar surface area (TPSA) is 23.8 Å². The third-order valence-corrected chi connectivity index (χ3v) is 5.93. The first-order valence-corrected chi connectivity index (χ1v) is 10.2. The zero-order chi connectivity index (χ0) is 17.3. The van der Waals surface area contributed by atoms with E-state index in [1.54, 1.807) is 0 Å². The third-order valence-electron chi connectivity index (χ3n) is 5.93. The summed E-state index contributed by atoms with van der Waals surface area (Å²) in [5.74, 6) is 0.669. The maximum atomic E-state index is 9.75. The van der Waals surface area contributed by atoms with Crippen molar-refractivity contribution in [2.24, 2.45) is 5.41 Å². The molecule has 0 radical (unpaired) electrons. The van der Waals surface area contributed by atoms with Crippen LogP contribution in [0.1, 0.15) is 102 Å². The smallest absolute Gasteiger partial charge is 0.0689 e. The van der Waals surface area contributed by atoms with E-state index >= 15 is 0 Å². The molecule has 0 bridgehead atoms. The number of hydrogen-bond donors (Lipinski definition) is 0. The normalized spacial score (nSPS) is 23.8. The summed E-state index contributed by atoms with van der Waals surface area (Å²) in [6, 6.07) is 12.0. The summed E-state index contributed by atoms with van der Waals surface area (Å²) in [5.41, 5.74) is 2.92. The Labute approximate surface area is 149 Å². The summed E-state index contributed by atoms with van der Waals surface area (Å²) in [6.45, 7) is 4.49. The Balaban J connectivity index is 1.83. The van der Waals surface area contributed by atoms with Gasteiger partial charge in [0.25, 0.3) is 0 Å². The molecule has 0 atom stereocenters. The van der Waals surface area contributed by atoms with E-state index in [-0.39, 0.29) is 5.41 Å². The van der Waals surface area contributed by atoms with Gasteiger partial charge in [-0.1, -0.05) is 76.6 Å². The molecule has 0 saturated heterocycles. The van der Waals surface area contributed by atoms with E-state index in [2.05, 4.69) is 44.2 Å². The number of nitrogens with zero attached hydrogens (tertiary/aromatic N) is 1. The van der Waals surface area contributed by atoms with Gasteiger partial charge in [0, 0.05) is 0 Å². The lowest BCUT2D eigenvalue weighted by Crippen LogP contribution is -2.25. The summed E-state index contributed by atoms with van der Waals surface area (Å²) >= 11 is 0. The largest absolute Gasteiger partial charge is 0.198 e. The molecule has 1 saturated carbocycles. The molecule has 0 spiro atoms. The van der Waals surface area contributed by atoms with Crippen molar-refractivity contribution in [3.63, 3.8) is 0 Å². The molecule has 1 heteroatoms. The average Bonchev–Trinajstić information content (AvgIpc) is 2.63. The first-order valence-electron chi connectivity index (χ1n) is 10.2. The van der Waals surface area contributed by atoms with Crippen LogP contribution < -0.4 is 0 Å². The van der Waals surface area contributed by atoms with Gasteiger partial charge in [0.2, 0.25) is 0 Å². The number of unbranched alkanes of at least 4 members (excludes halogenated alkanes) is 4. The highest BCUT2D eigenvalue weighted by Crippen LogP contribution is 2.45. The van der Waals surface area contributed by atoms with Crippen molar-refractivity contribution in [1.82, 2.24) is 0 Å². The molecular weight excluding hydrogens is 290 g/mol. The van der Waals surface area contributed by atoms with Crippen molar-refractivity contribution in [2.45, 2.75) is 96.8 Å². The summed E-state index contributed by atoms with van der Waals surface area (Å²) in [5, 5.41) is 9.75. The number of rotatable bonds is 9. The summed E-state index contributed by atoms with van der Waals surface area (Å²) < 4.78 is 0. The van der Waals surface area contributed by atoms with Crippen LogP contribution in [0.5, 0.6) is 0 Å². The fourth-order valence-electron chi connectivity index (χ4n) is 4.23. The van der Waals surface area contributed by atoms with E-state index in [0.29, 0.717) is 5.92 Å². The summed E-state index contributed by atoms with van der Waals surface area (Å²) in [6.07, 6.45) is 14.6. The Hall–Kier alpha value is -1.29. The molecule has 0 N–H and O–H groups in total. The second-order valence-corrected chi connectivity index (χ2v) is 7.82. The maximum Gasteiger partial charge on any atom is 0.0689 e. The Morgan fingerprint density at radius 3 is 2.21 bits per heavy atom. The van der Waals surface area contributed by atoms with Crippen LogP contribution in [0.15, 0.2) is 24.3 Å². The van der Waals surface area contributed by atoms with E-state index in [1.165, 1.54) is 68.9 Å². The number of nitriles is 1. The van der Waals surface area contributed by atoms with Gasteiger partial charge in [-0.3, -0.25) is 0 Å². The number of aryl methyl sites for hydroxylation is 1. The molecule has 1 aliphatic rings. The van der Waals surface area contributed by atoms with Crippen LogP contribution in [0.3, 0.4) is 0 Å². The minimum atomic E-state index is -0.0230. The van der Waals surface area contributed by atoms with Crippen LogP contribution in [-0.4, -0.2) is 0 Å². The SMILES string of the molecule is CCCCCCC[C@]1(C#N)CC[C@H](c2ccc(CCC)cc2)CC1. The Morgan fingerprint density at radius 1 is 0.958 bits per heavy atom. The molecule has 1 aromatic rings. The second-order valence-electron chi connectivity index (χ2n) is 7.82. The Morgan fingerprint density at radius 2 is 1.62 bits per heavy atom. The number of benzene rings is 1. The molecule has 0 heterocycles. The predicted molar refractivity (Wildman–Crippen MR) is 103 cm³/mol. The first kappa shape index (κ1) is 19.0. The zero-order valence-corrected chi connectivity index (χ0v) is 15.8. The van der Waals surface area contributed by atoms with Gasteiger partial charge in [-0.2, -0.15) is 5.26 Å². The van der Waals surface area contributed by atoms with Gasteiger partial charge in [0.05, 0.1) is 11.5 Å². The van der Waals surface area contributed by atoms with E-state index in [4.69, 9.17) is 0 Å². The van der Waals surface area contributed by atoms with Gasteiger partial charge in [-0.05, 0) is 55.6 Å². The van der Waals surface area contributed by atoms with Crippen LogP contribution in [0.25, 0.3) is 0 Å². The Bertz CT molecular complexity index is 500. The molecule has 2 rings (SSSR count). The van der Waals surface area contributed by atoms with E-state index < -0.39 is 0 Å². The zero-order valence-electron chi connectivity index (χ0n) is 15.8. The van der Waals surface area contributed by atoms with Crippen molar-refractivity contribution in [2.75, 3.05) is 0 Å². The molecule has 1 fully saturated rings. The van der Waals surface area contributed by atoms with Gasteiger partial charge < -0.3 is 0 Å². The molecule has 0 unspecified atom stereocenters. The quantitative estimate of drug-likeness (QED) is 0.441. The van der Waals surface area contributed by atoms with Crippen LogP contribution >= 0.6 is 0 Å². The molecule has 132 valence electrons. The molecule has 1 aliphatic carbocycles. The summed E-state index contributed by atoms with van der Waals surface area (Å²) in [4.78, 5) is 0. The Kier molecular flexibility index (Phi) is 7.83. The van der Waals surface area contributed by atoms with E-state index in [9.17, 15) is 5.26 Å². The van der Waals surface area contributed by atoms with Gasteiger partial charge in [0.15, 0.2) is 0 Å². The molecule has 1 aromatic carbocycles. The highest BCUT2D eigenvalue weighted by Gasteiger charge is 2.35. The van der Waals surface area contributed by atoms with Crippen molar-refractivity contribution in [3.05, 3.63) is 35.4 Å². The lowest BCUT2D eigenvalue weighted by Gasteiger charge is -2.35. The van der Waals surface area contributed by atoms with Gasteiger partial charge in [-0.15, -0.1) is 0 Å². The molecular formula is C23H35N. The van der Waals surface area contributed by atoms with Crippen molar-refractivity contribution >= 4 is 0 Å². The monoisotopic (exact) mass is 325 g/mol. The lowest BCUT2D eigenvalue weighted by atomic mass is 9.67. The fourth-order valence-corrected chi connectivity index (χ4v) is 4.23. The highest BCUT2D eigenvalue weighted by atomic mass is 14.4. The maximum absolute atomic E-state index is 9.75. The average molecular weight is 326 g/mol. The van der Waals surface area contributed by atoms with Crippen molar-refractivity contribution < 1.29 is 0 Å². The molecule has 0 aliphatic heterocycles. The third kappa shape index (κ3) is 5.37. The van der Waals surface area contributed by atoms with E-state index in [0.717, 1.165) is 19.3 Å². The fraction of sp³-hybridized carbons (Fsp3) is 0.696. The van der Waals surface area contributed by atoms with Crippen LogP contribution in [0.2, 0.25) is 0 Å². The van der Waals surface area contributed by atoms with Crippen LogP contribution in [0.4, 0.5) is 0 Å². The van der Waals surface area contributed by atoms with Crippen LogP contribution in [0, 0.1) is 16.7 Å². The van der Waals surface area contributed by atoms with Gasteiger partial charge in [0.1, 0.15) is 0 Å². The van der Waals surface area contributed by atoms with Gasteiger partial charge >= 0.3 is 0 Å². The minimum Gasteiger partial charge on any atom is -0.198 e. The second kappa shape index (κ2) is 9.87. The first-order chi connectivity index (χ1) is 11.7. The molecule has 0 aromatic heterocycles. The van der Waals surface area contributed by atoms with Crippen molar-refractivity contribution in [1.29, 1.82) is 5.26 Å². The molecule has 0 amide bonds. The standard InChI is InChI=1S/C23H35N/c1-3-5-6-7-8-16-23(19-24)17-14-22(15-18-23)21-12-10-20(9-4-2)11-13-21/h10-13,22H,3-9,14-18H2,1-2H3/t22-,23-. The number of hydrogen-bond acceptors (Lipinski definition) is 1. The highest BCUT2D eigenvalue weighted by molar-refractivity contribution is 5.26. The minimum absolute atomic E-state index is 0.0230. The van der Waals surface area contributed by atoms with Crippen LogP contribution in [-0.2, 0) is 6.42 Å². The predicted octanol–water partition coefficient (Wildman–Crippen LogP) is 7.17. The molecule has 24 heavy (non-hydrogen) atoms. The van der Waals surface area contributed by atoms with E-state index in [1.807, 2.05) is 0 Å². The van der Waals surface area contributed by atoms with Crippen molar-refractivity contribution in [3.8, 4) is 6.07 Å². The van der Waals surface area contributed by atoms with Gasteiger partial charge in [-0.25, -0.2) is 0 Å². The summed E-state index contributed by atoms with van der Waals surface area (Å²) in [7, 11) is 0. The molecule has 1 nitrogen and oxygen atoms in total. The lowest BCUT2D eigenvalue weighted by molar-refractivity contribution is 0.223.